The van der Waals surface area contributed by atoms with Crippen molar-refractivity contribution in [3.63, 3.8) is 0 Å². The maximum absolute atomic E-state index is 12.6. The van der Waals surface area contributed by atoms with Gasteiger partial charge in [0.2, 0.25) is 11.7 Å². The maximum Gasteiger partial charge on any atom is 0.251 e. The molecule has 0 bridgehead atoms. The molecule has 0 unspecified atom stereocenters. The second kappa shape index (κ2) is 11.3. The van der Waals surface area contributed by atoms with E-state index in [2.05, 4.69) is 10.6 Å². The van der Waals surface area contributed by atoms with Gasteiger partial charge in [0, 0.05) is 16.3 Å². The monoisotopic (exact) mass is 434 g/mol. The van der Waals surface area contributed by atoms with Gasteiger partial charge in [-0.3, -0.25) is 9.59 Å². The van der Waals surface area contributed by atoms with Gasteiger partial charge < -0.3 is 24.8 Å². The zero-order chi connectivity index (χ0) is 22.1. The first-order valence-corrected chi connectivity index (χ1v) is 10.2. The lowest BCUT2D eigenvalue weighted by molar-refractivity contribution is -0.115. The van der Waals surface area contributed by atoms with Crippen molar-refractivity contribution in [2.75, 3.05) is 31.7 Å². The highest BCUT2D eigenvalue weighted by Gasteiger charge is 2.19. The molecule has 0 fully saturated rings. The van der Waals surface area contributed by atoms with Crippen LogP contribution < -0.4 is 24.8 Å². The number of hydrogen-bond acceptors (Lipinski definition) is 5. The Labute approximate surface area is 181 Å². The van der Waals surface area contributed by atoms with Crippen molar-refractivity contribution in [2.24, 2.45) is 0 Å². The number of carbonyl (C=O) groups excluding carboxylic acids is 2. The van der Waals surface area contributed by atoms with E-state index >= 15 is 0 Å². The number of halogens is 1. The van der Waals surface area contributed by atoms with Crippen LogP contribution in [0.25, 0.3) is 0 Å². The molecule has 2 aromatic carbocycles. The van der Waals surface area contributed by atoms with E-state index in [9.17, 15) is 9.59 Å². The molecule has 2 aromatic rings. The predicted octanol–water partition coefficient (Wildman–Crippen LogP) is 4.21. The zero-order valence-corrected chi connectivity index (χ0v) is 18.4. The smallest absolute Gasteiger partial charge is 0.251 e. The van der Waals surface area contributed by atoms with Gasteiger partial charge in [-0.2, -0.15) is 0 Å². The van der Waals surface area contributed by atoms with Gasteiger partial charge in [-0.1, -0.05) is 17.7 Å². The van der Waals surface area contributed by atoms with Crippen molar-refractivity contribution < 1.29 is 23.8 Å². The van der Waals surface area contributed by atoms with Crippen LogP contribution >= 0.6 is 11.6 Å². The summed E-state index contributed by atoms with van der Waals surface area (Å²) in [6.07, 6.45) is 0. The molecule has 0 aliphatic rings. The zero-order valence-electron chi connectivity index (χ0n) is 17.6. The first-order chi connectivity index (χ1) is 14.4. The third kappa shape index (κ3) is 6.03. The second-order valence-corrected chi connectivity index (χ2v) is 6.65. The van der Waals surface area contributed by atoms with Crippen LogP contribution in [0.15, 0.2) is 30.3 Å². The maximum atomic E-state index is 12.6. The summed E-state index contributed by atoms with van der Waals surface area (Å²) in [5.41, 5.74) is 1.66. The Balaban J connectivity index is 2.13. The summed E-state index contributed by atoms with van der Waals surface area (Å²) in [5, 5.41) is 5.90. The third-order valence-electron chi connectivity index (χ3n) is 4.12. The first kappa shape index (κ1) is 23.3. The number of anilines is 1. The SMILES string of the molecule is CCOc1cc(C(=O)NCC(=O)Nc2cccc(Cl)c2C)cc(OCC)c1OCC. The molecule has 162 valence electrons. The van der Waals surface area contributed by atoms with Gasteiger partial charge in [-0.15, -0.1) is 0 Å². The van der Waals surface area contributed by atoms with E-state index in [0.717, 1.165) is 5.56 Å². The van der Waals surface area contributed by atoms with Crippen LogP contribution in [0, 0.1) is 6.92 Å². The van der Waals surface area contributed by atoms with Crippen LogP contribution in [0.3, 0.4) is 0 Å². The van der Waals surface area contributed by atoms with Crippen LogP contribution in [0.5, 0.6) is 17.2 Å². The Hall–Kier alpha value is -2.93. The largest absolute Gasteiger partial charge is 0.490 e. The molecule has 2 amide bonds. The highest BCUT2D eigenvalue weighted by Crippen LogP contribution is 2.39. The van der Waals surface area contributed by atoms with E-state index in [1.807, 2.05) is 20.8 Å². The van der Waals surface area contributed by atoms with E-state index in [1.165, 1.54) is 0 Å². The van der Waals surface area contributed by atoms with Gasteiger partial charge in [0.15, 0.2) is 11.5 Å². The lowest BCUT2D eigenvalue weighted by Gasteiger charge is -2.17. The number of rotatable bonds is 10. The molecule has 0 saturated heterocycles. The number of benzene rings is 2. The number of nitrogens with one attached hydrogen (secondary N) is 2. The Morgan fingerprint density at radius 3 is 2.13 bits per heavy atom. The molecule has 0 atom stereocenters. The van der Waals surface area contributed by atoms with Crippen molar-refractivity contribution in [2.45, 2.75) is 27.7 Å². The number of ether oxygens (including phenoxy) is 3. The quantitative estimate of drug-likeness (QED) is 0.585. The van der Waals surface area contributed by atoms with E-state index in [4.69, 9.17) is 25.8 Å². The Bertz CT molecular complexity index is 874. The molecule has 0 aliphatic carbocycles. The number of carbonyl (C=O) groups is 2. The fourth-order valence-electron chi connectivity index (χ4n) is 2.72. The van der Waals surface area contributed by atoms with Gasteiger partial charge in [-0.25, -0.2) is 0 Å². The summed E-state index contributed by atoms with van der Waals surface area (Å²) < 4.78 is 16.9. The van der Waals surface area contributed by atoms with Crippen molar-refractivity contribution in [3.05, 3.63) is 46.5 Å². The van der Waals surface area contributed by atoms with Gasteiger partial charge in [0.05, 0.1) is 26.4 Å². The lowest BCUT2D eigenvalue weighted by atomic mass is 10.1. The Morgan fingerprint density at radius 1 is 0.967 bits per heavy atom. The van der Waals surface area contributed by atoms with Crippen molar-refractivity contribution in [3.8, 4) is 17.2 Å². The average molecular weight is 435 g/mol. The Kier molecular flexibility index (Phi) is 8.80. The molecule has 0 heterocycles. The van der Waals surface area contributed by atoms with Gasteiger partial charge in [-0.05, 0) is 57.5 Å². The van der Waals surface area contributed by atoms with Gasteiger partial charge in [0.25, 0.3) is 5.91 Å². The molecule has 2 N–H and O–H groups in total. The molecule has 30 heavy (non-hydrogen) atoms. The minimum absolute atomic E-state index is 0.202. The van der Waals surface area contributed by atoms with Crippen LogP contribution in [0.2, 0.25) is 5.02 Å². The summed E-state index contributed by atoms with van der Waals surface area (Å²) in [7, 11) is 0. The molecule has 0 aromatic heterocycles. The summed E-state index contributed by atoms with van der Waals surface area (Å²) in [6, 6.07) is 8.38. The number of amides is 2. The van der Waals surface area contributed by atoms with Crippen LogP contribution in [-0.4, -0.2) is 38.2 Å². The topological polar surface area (TPSA) is 85.9 Å². The lowest BCUT2D eigenvalue weighted by Crippen LogP contribution is -2.33. The third-order valence-corrected chi connectivity index (χ3v) is 4.53. The fraction of sp³-hybridized carbons (Fsp3) is 0.364. The standard InChI is InChI=1S/C22H27ClN2O5/c1-5-28-18-11-15(12-19(29-6-2)21(18)30-7-3)22(27)24-13-20(26)25-17-10-8-9-16(23)14(17)4/h8-12H,5-7,13H2,1-4H3,(H,24,27)(H,25,26). The molecule has 8 heteroatoms. The minimum Gasteiger partial charge on any atom is -0.490 e. The molecule has 0 saturated carbocycles. The average Bonchev–Trinajstić information content (AvgIpc) is 2.72. The molecule has 2 rings (SSSR count). The summed E-state index contributed by atoms with van der Waals surface area (Å²) >= 11 is 6.07. The van der Waals surface area contributed by atoms with Gasteiger partial charge >= 0.3 is 0 Å². The normalized spacial score (nSPS) is 10.3. The molecule has 0 radical (unpaired) electrons. The van der Waals surface area contributed by atoms with Crippen LogP contribution in [-0.2, 0) is 4.79 Å². The molecule has 0 spiro atoms. The Morgan fingerprint density at radius 2 is 1.57 bits per heavy atom. The number of hydrogen-bond donors (Lipinski definition) is 2. The van der Waals surface area contributed by atoms with Crippen molar-refractivity contribution in [1.82, 2.24) is 5.32 Å². The fourth-order valence-corrected chi connectivity index (χ4v) is 2.89. The van der Waals surface area contributed by atoms with Crippen LogP contribution in [0.1, 0.15) is 36.7 Å². The van der Waals surface area contributed by atoms with Crippen molar-refractivity contribution in [1.29, 1.82) is 0 Å². The van der Waals surface area contributed by atoms with Crippen molar-refractivity contribution >= 4 is 29.1 Å². The summed E-state index contributed by atoms with van der Waals surface area (Å²) in [6.45, 7) is 8.36. The first-order valence-electron chi connectivity index (χ1n) is 9.80. The molecule has 7 nitrogen and oxygen atoms in total. The van der Waals surface area contributed by atoms with Crippen LogP contribution in [0.4, 0.5) is 5.69 Å². The van der Waals surface area contributed by atoms with E-state index in [-0.39, 0.29) is 12.5 Å². The van der Waals surface area contributed by atoms with E-state index < -0.39 is 5.91 Å². The van der Waals surface area contributed by atoms with E-state index in [0.29, 0.717) is 53.3 Å². The highest BCUT2D eigenvalue weighted by molar-refractivity contribution is 6.31. The van der Waals surface area contributed by atoms with E-state index in [1.54, 1.807) is 37.3 Å². The molecular formula is C22H27ClN2O5. The minimum atomic E-state index is -0.432. The summed E-state index contributed by atoms with van der Waals surface area (Å²) in [4.78, 5) is 24.9. The predicted molar refractivity (Wildman–Crippen MR) is 117 cm³/mol. The highest BCUT2D eigenvalue weighted by atomic mass is 35.5. The molecular weight excluding hydrogens is 408 g/mol. The van der Waals surface area contributed by atoms with Gasteiger partial charge in [0.1, 0.15) is 0 Å². The second-order valence-electron chi connectivity index (χ2n) is 6.24. The molecule has 0 aliphatic heterocycles. The summed E-state index contributed by atoms with van der Waals surface area (Å²) in [5.74, 6) is 0.475.